The van der Waals surface area contributed by atoms with E-state index in [0.29, 0.717) is 29.5 Å². The number of halogens is 3. The maximum Gasteiger partial charge on any atom is 0.337 e. The number of aryl methyl sites for hydroxylation is 2. The second kappa shape index (κ2) is 22.4. The van der Waals surface area contributed by atoms with Crippen LogP contribution in [0.2, 0.25) is 0 Å². The molecule has 1 N–H and O–H groups in total. The van der Waals surface area contributed by atoms with E-state index in [2.05, 4.69) is 30.7 Å². The van der Waals surface area contributed by atoms with Gasteiger partial charge >= 0.3 is 24.0 Å². The van der Waals surface area contributed by atoms with Crippen molar-refractivity contribution in [3.05, 3.63) is 130 Å². The lowest BCUT2D eigenvalue weighted by Gasteiger charge is -2.33. The molecule has 4 aromatic carbocycles. The topological polar surface area (TPSA) is 108 Å². The number of likely N-dealkylation sites (tertiary alicyclic amines) is 2. The Morgan fingerprint density at radius 1 is 0.667 bits per heavy atom. The molecule has 10 nitrogen and oxygen atoms in total. The van der Waals surface area contributed by atoms with Gasteiger partial charge in [-0.05, 0) is 118 Å². The number of methoxy groups -OCH3 is 2. The molecule has 4 amide bonds. The van der Waals surface area contributed by atoms with Gasteiger partial charge in [0, 0.05) is 48.4 Å². The van der Waals surface area contributed by atoms with Crippen LogP contribution in [-0.4, -0.2) is 74.2 Å². The second-order valence-corrected chi connectivity index (χ2v) is 14.4. The summed E-state index contributed by atoms with van der Waals surface area (Å²) >= 11 is 3.13. The first-order valence-corrected chi connectivity index (χ1v) is 20.1. The van der Waals surface area contributed by atoms with Gasteiger partial charge < -0.3 is 24.6 Å². The molecular weight excluding hydrogens is 798 g/mol. The molecule has 0 unspecified atom stereocenters. The number of piperidine rings is 2. The SMILES string of the molecule is COC(=O)c1ccc(CBr)c(F)c1.COC(=O)c1ccc(CN(C(=O)N2CCCCC2)c2cccc(C)c2)c(F)c1.Cc1cccc(NC(=O)N2CCCCC2)c1. The maximum atomic E-state index is 14.6. The Morgan fingerprint density at radius 3 is 1.67 bits per heavy atom. The first-order chi connectivity index (χ1) is 27.4. The normalized spacial score (nSPS) is 13.5. The fraction of sp³-hybridized carbons (Fsp3) is 0.364. The summed E-state index contributed by atoms with van der Waals surface area (Å²) in [7, 11) is 2.52. The number of hydrogen-bond acceptors (Lipinski definition) is 6. The monoisotopic (exact) mass is 848 g/mol. The van der Waals surface area contributed by atoms with E-state index in [1.165, 1.54) is 44.9 Å². The van der Waals surface area contributed by atoms with Crippen LogP contribution < -0.4 is 10.2 Å². The Balaban J connectivity index is 0.000000209. The predicted octanol–water partition coefficient (Wildman–Crippen LogP) is 10.1. The highest BCUT2D eigenvalue weighted by molar-refractivity contribution is 9.08. The van der Waals surface area contributed by atoms with Crippen LogP contribution in [0.4, 0.5) is 29.7 Å². The quantitative estimate of drug-likeness (QED) is 0.147. The number of nitrogens with one attached hydrogen (secondary N) is 1. The Labute approximate surface area is 342 Å². The Hall–Kier alpha value is -5.30. The van der Waals surface area contributed by atoms with E-state index in [1.807, 2.05) is 72.2 Å². The minimum atomic E-state index is -0.592. The summed E-state index contributed by atoms with van der Waals surface area (Å²) in [5.74, 6) is -2.06. The minimum absolute atomic E-state index is 0.0327. The van der Waals surface area contributed by atoms with Crippen LogP contribution in [-0.2, 0) is 21.3 Å². The Kier molecular flexibility index (Phi) is 17.5. The molecule has 2 aliphatic heterocycles. The van der Waals surface area contributed by atoms with Crippen LogP contribution in [0.1, 0.15) is 81.5 Å². The van der Waals surface area contributed by atoms with Crippen molar-refractivity contribution in [1.82, 2.24) is 9.80 Å². The number of rotatable bonds is 7. The first kappa shape index (κ1) is 44.4. The molecule has 2 heterocycles. The molecule has 6 rings (SSSR count). The van der Waals surface area contributed by atoms with Gasteiger partial charge in [-0.1, -0.05) is 52.3 Å². The van der Waals surface area contributed by atoms with Gasteiger partial charge in [-0.2, -0.15) is 0 Å². The average Bonchev–Trinajstić information content (AvgIpc) is 3.23. The number of amides is 4. The highest BCUT2D eigenvalue weighted by atomic mass is 79.9. The number of anilines is 2. The van der Waals surface area contributed by atoms with Gasteiger partial charge in [-0.25, -0.2) is 28.0 Å². The molecule has 0 spiro atoms. The fourth-order valence-corrected chi connectivity index (χ4v) is 6.79. The number of urea groups is 2. The summed E-state index contributed by atoms with van der Waals surface area (Å²) < 4.78 is 36.8. The molecular formula is C44H51BrF2N4O6. The molecule has 2 fully saturated rings. The van der Waals surface area contributed by atoms with Gasteiger partial charge in [-0.15, -0.1) is 0 Å². The molecule has 0 aromatic heterocycles. The fourth-order valence-electron chi connectivity index (χ4n) is 6.33. The third-order valence-corrected chi connectivity index (χ3v) is 10.1. The highest BCUT2D eigenvalue weighted by Gasteiger charge is 2.25. The molecule has 304 valence electrons. The number of nitrogens with zero attached hydrogens (tertiary/aromatic N) is 3. The largest absolute Gasteiger partial charge is 0.465 e. The zero-order chi connectivity index (χ0) is 41.3. The van der Waals surface area contributed by atoms with Crippen LogP contribution >= 0.6 is 15.9 Å². The van der Waals surface area contributed by atoms with Gasteiger partial charge in [0.25, 0.3) is 0 Å². The third-order valence-electron chi connectivity index (χ3n) is 9.50. The molecule has 2 aliphatic rings. The van der Waals surface area contributed by atoms with Gasteiger partial charge in [0.05, 0.1) is 31.9 Å². The number of benzene rings is 4. The van der Waals surface area contributed by atoms with E-state index in [9.17, 15) is 28.0 Å². The number of alkyl halides is 1. The zero-order valence-corrected chi connectivity index (χ0v) is 34.6. The molecule has 57 heavy (non-hydrogen) atoms. The Bertz CT molecular complexity index is 1980. The number of carbonyl (C=O) groups excluding carboxylic acids is 4. The van der Waals surface area contributed by atoms with Crippen molar-refractivity contribution < 1.29 is 37.4 Å². The molecule has 0 aliphatic carbocycles. The molecule has 0 bridgehead atoms. The van der Waals surface area contributed by atoms with Gasteiger partial charge in [-0.3, -0.25) is 4.90 Å². The van der Waals surface area contributed by atoms with E-state index in [0.717, 1.165) is 73.8 Å². The lowest BCUT2D eigenvalue weighted by Crippen LogP contribution is -2.45. The van der Waals surface area contributed by atoms with Crippen LogP contribution in [0.5, 0.6) is 0 Å². The molecule has 0 atom stereocenters. The van der Waals surface area contributed by atoms with E-state index >= 15 is 0 Å². The summed E-state index contributed by atoms with van der Waals surface area (Å²) in [6, 6.07) is 23.9. The maximum absolute atomic E-state index is 14.6. The smallest absolute Gasteiger partial charge is 0.337 e. The third kappa shape index (κ3) is 13.4. The number of carbonyl (C=O) groups is 4. The van der Waals surface area contributed by atoms with E-state index < -0.39 is 23.6 Å². The zero-order valence-electron chi connectivity index (χ0n) is 33.0. The van der Waals surface area contributed by atoms with Crippen molar-refractivity contribution in [2.75, 3.05) is 50.6 Å². The van der Waals surface area contributed by atoms with Crippen LogP contribution in [0.15, 0.2) is 84.9 Å². The lowest BCUT2D eigenvalue weighted by molar-refractivity contribution is 0.0591. The summed E-state index contributed by atoms with van der Waals surface area (Å²) in [4.78, 5) is 53.0. The van der Waals surface area contributed by atoms with Crippen molar-refractivity contribution in [2.24, 2.45) is 0 Å². The molecule has 0 radical (unpaired) electrons. The number of hydrogen-bond donors (Lipinski definition) is 1. The van der Waals surface area contributed by atoms with Gasteiger partial charge in [0.2, 0.25) is 0 Å². The van der Waals surface area contributed by atoms with Crippen molar-refractivity contribution >= 4 is 51.3 Å². The van der Waals surface area contributed by atoms with E-state index in [1.54, 1.807) is 11.0 Å². The first-order valence-electron chi connectivity index (χ1n) is 19.0. The lowest BCUT2D eigenvalue weighted by atomic mass is 10.1. The number of esters is 2. The number of ether oxygens (including phenoxy) is 2. The summed E-state index contributed by atoms with van der Waals surface area (Å²) in [6.07, 6.45) is 6.58. The predicted molar refractivity (Wildman–Crippen MR) is 222 cm³/mol. The molecule has 13 heteroatoms. The van der Waals surface area contributed by atoms with Gasteiger partial charge in [0.15, 0.2) is 0 Å². The minimum Gasteiger partial charge on any atom is -0.465 e. The molecule has 0 saturated carbocycles. The molecule has 2 saturated heterocycles. The van der Waals surface area contributed by atoms with E-state index in [-0.39, 0.29) is 29.7 Å². The van der Waals surface area contributed by atoms with E-state index in [4.69, 9.17) is 0 Å². The van der Waals surface area contributed by atoms with Crippen LogP contribution in [0.3, 0.4) is 0 Å². The highest BCUT2D eigenvalue weighted by Crippen LogP contribution is 2.24. The van der Waals surface area contributed by atoms with Crippen molar-refractivity contribution in [3.63, 3.8) is 0 Å². The Morgan fingerprint density at radius 2 is 1.18 bits per heavy atom. The van der Waals surface area contributed by atoms with Gasteiger partial charge in [0.1, 0.15) is 11.6 Å². The van der Waals surface area contributed by atoms with Crippen molar-refractivity contribution in [2.45, 2.75) is 64.2 Å². The summed E-state index contributed by atoms with van der Waals surface area (Å²) in [5.41, 5.74) is 5.04. The second-order valence-electron chi connectivity index (χ2n) is 13.8. The summed E-state index contributed by atoms with van der Waals surface area (Å²) in [5, 5.41) is 3.37. The molecule has 4 aromatic rings. The summed E-state index contributed by atoms with van der Waals surface area (Å²) in [6.45, 7) is 7.27. The van der Waals surface area contributed by atoms with Crippen molar-refractivity contribution in [1.29, 1.82) is 0 Å². The van der Waals surface area contributed by atoms with Crippen LogP contribution in [0, 0.1) is 25.5 Å². The standard InChI is InChI=1S/C22H25FN2O3.C13H18N2O.C9H8BrFO2/c1-16-7-6-8-19(13-16)25(22(27)24-11-4-3-5-12-24)15-18-10-9-17(14-20(18)23)21(26)28-2;1-11-6-5-7-12(10-11)14-13(16)15-8-3-2-4-9-15;1-13-9(12)6-2-3-7(5-10)8(11)4-6/h6-10,13-14H,3-5,11-12,15H2,1-2H3;5-7,10H,2-4,8-9H2,1H3,(H,14,16);2-4H,5H2,1H3. The van der Waals surface area contributed by atoms with Crippen molar-refractivity contribution in [3.8, 4) is 0 Å². The van der Waals surface area contributed by atoms with Crippen LogP contribution in [0.25, 0.3) is 0 Å². The average molecular weight is 850 g/mol.